The summed E-state index contributed by atoms with van der Waals surface area (Å²) < 4.78 is 0. The van der Waals surface area contributed by atoms with Crippen LogP contribution in [0, 0.1) is 0 Å². The maximum Gasteiger partial charge on any atom is 0.304 e. The molecule has 1 aliphatic heterocycles. The van der Waals surface area contributed by atoms with Gasteiger partial charge < -0.3 is 10.4 Å². The van der Waals surface area contributed by atoms with E-state index in [9.17, 15) is 9.59 Å². The molecule has 1 fully saturated rings. The third kappa shape index (κ3) is 6.29. The van der Waals surface area contributed by atoms with E-state index in [4.69, 9.17) is 5.11 Å². The minimum absolute atomic E-state index is 0.00300. The topological polar surface area (TPSA) is 69.6 Å². The third-order valence-electron chi connectivity index (χ3n) is 3.24. The van der Waals surface area contributed by atoms with E-state index >= 15 is 0 Å². The van der Waals surface area contributed by atoms with Crippen molar-refractivity contribution in [2.75, 3.05) is 24.6 Å². The first kappa shape index (κ1) is 16.3. The summed E-state index contributed by atoms with van der Waals surface area (Å²) in [5.74, 6) is 0.971. The smallest absolute Gasteiger partial charge is 0.304 e. The number of carbonyl (C=O) groups excluding carboxylic acids is 1. The number of hydrogen-bond donors (Lipinski definition) is 2. The van der Waals surface area contributed by atoms with Gasteiger partial charge in [-0.3, -0.25) is 14.5 Å². The molecule has 2 unspecified atom stereocenters. The minimum Gasteiger partial charge on any atom is -0.481 e. The fraction of sp³-hybridized carbons (Fsp3) is 0.846. The lowest BCUT2D eigenvalue weighted by molar-refractivity contribution is -0.138. The van der Waals surface area contributed by atoms with Crippen LogP contribution in [0.25, 0.3) is 0 Å². The van der Waals surface area contributed by atoms with Crippen LogP contribution in [0.4, 0.5) is 0 Å². The van der Waals surface area contributed by atoms with Crippen LogP contribution in [0.5, 0.6) is 0 Å². The van der Waals surface area contributed by atoms with Gasteiger partial charge in [0.2, 0.25) is 5.91 Å². The number of nitrogens with one attached hydrogen (secondary N) is 1. The number of carboxylic acids is 1. The number of amides is 1. The molecule has 1 heterocycles. The Balaban J connectivity index is 2.43. The van der Waals surface area contributed by atoms with Crippen molar-refractivity contribution in [2.45, 2.75) is 45.2 Å². The molecule has 19 heavy (non-hydrogen) atoms. The van der Waals surface area contributed by atoms with E-state index in [1.54, 1.807) is 11.8 Å². The zero-order valence-electron chi connectivity index (χ0n) is 11.7. The molecule has 0 aromatic heterocycles. The molecular formula is C13H24N2O3S. The van der Waals surface area contributed by atoms with Crippen LogP contribution in [0.1, 0.15) is 33.1 Å². The Labute approximate surface area is 119 Å². The number of carboxylic acid groups (broad SMARTS) is 1. The van der Waals surface area contributed by atoms with Gasteiger partial charge in [-0.25, -0.2) is 0 Å². The van der Waals surface area contributed by atoms with E-state index in [0.717, 1.165) is 30.9 Å². The fourth-order valence-electron chi connectivity index (χ4n) is 2.30. The molecule has 1 aliphatic rings. The van der Waals surface area contributed by atoms with Gasteiger partial charge in [-0.2, -0.15) is 11.8 Å². The summed E-state index contributed by atoms with van der Waals surface area (Å²) >= 11 is 1.76. The van der Waals surface area contributed by atoms with Crippen molar-refractivity contribution in [3.8, 4) is 0 Å². The van der Waals surface area contributed by atoms with Crippen LogP contribution in [0.3, 0.4) is 0 Å². The fourth-order valence-corrected chi connectivity index (χ4v) is 3.43. The van der Waals surface area contributed by atoms with Gasteiger partial charge in [-0.15, -0.1) is 0 Å². The molecule has 0 aliphatic carbocycles. The zero-order valence-corrected chi connectivity index (χ0v) is 12.5. The molecular weight excluding hydrogens is 264 g/mol. The van der Waals surface area contributed by atoms with Crippen molar-refractivity contribution in [2.24, 2.45) is 0 Å². The number of thioether (sulfide) groups is 1. The standard InChI is InChI=1S/C13H24N2O3S/c1-3-4-10(2)14-12(16)8-15-5-6-19-9-11(15)7-13(17)18/h10-11H,3-9H2,1-2H3,(H,14,16)(H,17,18). The molecule has 0 aromatic carbocycles. The number of nitrogens with zero attached hydrogens (tertiary/aromatic N) is 1. The van der Waals surface area contributed by atoms with Crippen LogP contribution in [0.2, 0.25) is 0 Å². The number of aliphatic carboxylic acids is 1. The van der Waals surface area contributed by atoms with Crippen LogP contribution in [-0.2, 0) is 9.59 Å². The van der Waals surface area contributed by atoms with E-state index in [2.05, 4.69) is 12.2 Å². The monoisotopic (exact) mass is 288 g/mol. The highest BCUT2D eigenvalue weighted by Crippen LogP contribution is 2.18. The Bertz CT molecular complexity index is 312. The van der Waals surface area contributed by atoms with Crippen LogP contribution in [0.15, 0.2) is 0 Å². The molecule has 1 rings (SSSR count). The van der Waals surface area contributed by atoms with Gasteiger partial charge in [-0.05, 0) is 13.3 Å². The van der Waals surface area contributed by atoms with Crippen molar-refractivity contribution < 1.29 is 14.7 Å². The van der Waals surface area contributed by atoms with Gasteiger partial charge in [0, 0.05) is 30.1 Å². The lowest BCUT2D eigenvalue weighted by atomic mass is 10.2. The Morgan fingerprint density at radius 2 is 2.26 bits per heavy atom. The first-order chi connectivity index (χ1) is 9.02. The Hall–Kier alpha value is -0.750. The van der Waals surface area contributed by atoms with E-state index in [1.165, 1.54) is 0 Å². The predicted octanol–water partition coefficient (Wildman–Crippen LogP) is 1.18. The van der Waals surface area contributed by atoms with Crippen LogP contribution in [-0.4, -0.2) is 58.6 Å². The summed E-state index contributed by atoms with van der Waals surface area (Å²) in [7, 11) is 0. The molecule has 0 spiro atoms. The lowest BCUT2D eigenvalue weighted by Gasteiger charge is -2.34. The highest BCUT2D eigenvalue weighted by Gasteiger charge is 2.26. The molecule has 5 nitrogen and oxygen atoms in total. The highest BCUT2D eigenvalue weighted by molar-refractivity contribution is 7.99. The average molecular weight is 288 g/mol. The highest BCUT2D eigenvalue weighted by atomic mass is 32.2. The second-order valence-corrected chi connectivity index (χ2v) is 6.20. The van der Waals surface area contributed by atoms with E-state index in [0.29, 0.717) is 6.54 Å². The van der Waals surface area contributed by atoms with Crippen molar-refractivity contribution in [1.29, 1.82) is 0 Å². The van der Waals surface area contributed by atoms with Gasteiger partial charge in [-0.1, -0.05) is 13.3 Å². The molecule has 2 atom stereocenters. The number of carbonyl (C=O) groups is 2. The molecule has 0 saturated carbocycles. The Morgan fingerprint density at radius 1 is 1.53 bits per heavy atom. The lowest BCUT2D eigenvalue weighted by Crippen LogP contribution is -2.49. The minimum atomic E-state index is -0.794. The third-order valence-corrected chi connectivity index (χ3v) is 4.33. The summed E-state index contributed by atoms with van der Waals surface area (Å²) in [6, 6.07) is 0.165. The zero-order chi connectivity index (χ0) is 14.3. The molecule has 1 saturated heterocycles. The molecule has 0 bridgehead atoms. The normalized spacial score (nSPS) is 21.9. The van der Waals surface area contributed by atoms with E-state index in [-0.39, 0.29) is 24.4 Å². The van der Waals surface area contributed by atoms with Crippen molar-refractivity contribution in [3.05, 3.63) is 0 Å². The predicted molar refractivity (Wildman–Crippen MR) is 77.5 cm³/mol. The molecule has 6 heteroatoms. The molecule has 0 aromatic rings. The maximum atomic E-state index is 11.9. The van der Waals surface area contributed by atoms with E-state index in [1.807, 2.05) is 11.8 Å². The van der Waals surface area contributed by atoms with Gasteiger partial charge in [0.15, 0.2) is 0 Å². The summed E-state index contributed by atoms with van der Waals surface area (Å²) in [4.78, 5) is 24.7. The quantitative estimate of drug-likeness (QED) is 0.736. The molecule has 2 N–H and O–H groups in total. The summed E-state index contributed by atoms with van der Waals surface area (Å²) in [6.07, 6.45) is 2.13. The summed E-state index contributed by atoms with van der Waals surface area (Å²) in [5, 5.41) is 11.9. The first-order valence-corrected chi connectivity index (χ1v) is 8.01. The van der Waals surface area contributed by atoms with Gasteiger partial charge in [0.25, 0.3) is 0 Å². The molecule has 110 valence electrons. The molecule has 1 amide bonds. The molecule has 0 radical (unpaired) electrons. The maximum absolute atomic E-state index is 11.9. The van der Waals surface area contributed by atoms with Gasteiger partial charge >= 0.3 is 5.97 Å². The van der Waals surface area contributed by atoms with Crippen molar-refractivity contribution >= 4 is 23.6 Å². The van der Waals surface area contributed by atoms with Crippen LogP contribution < -0.4 is 5.32 Å². The number of rotatable bonds is 7. The van der Waals surface area contributed by atoms with Crippen molar-refractivity contribution in [3.63, 3.8) is 0 Å². The van der Waals surface area contributed by atoms with Crippen molar-refractivity contribution in [1.82, 2.24) is 10.2 Å². The largest absolute Gasteiger partial charge is 0.481 e. The summed E-state index contributed by atoms with van der Waals surface area (Å²) in [6.45, 7) is 5.19. The average Bonchev–Trinajstić information content (AvgIpc) is 2.31. The number of hydrogen-bond acceptors (Lipinski definition) is 4. The second-order valence-electron chi connectivity index (χ2n) is 5.05. The van der Waals surface area contributed by atoms with Gasteiger partial charge in [0.05, 0.1) is 13.0 Å². The van der Waals surface area contributed by atoms with Crippen LogP contribution >= 0.6 is 11.8 Å². The second kappa shape index (κ2) is 8.43. The Kier molecular flexibility index (Phi) is 7.23. The first-order valence-electron chi connectivity index (χ1n) is 6.85. The van der Waals surface area contributed by atoms with E-state index < -0.39 is 5.97 Å². The van der Waals surface area contributed by atoms with Gasteiger partial charge in [0.1, 0.15) is 0 Å². The summed E-state index contributed by atoms with van der Waals surface area (Å²) in [5.41, 5.74) is 0. The Morgan fingerprint density at radius 3 is 2.89 bits per heavy atom. The SMILES string of the molecule is CCCC(C)NC(=O)CN1CCSCC1CC(=O)O.